The van der Waals surface area contributed by atoms with Crippen molar-refractivity contribution in [2.75, 3.05) is 7.05 Å². The van der Waals surface area contributed by atoms with Gasteiger partial charge in [0.15, 0.2) is 0 Å². The van der Waals surface area contributed by atoms with E-state index in [1.54, 1.807) is 7.05 Å². The summed E-state index contributed by atoms with van der Waals surface area (Å²) in [5.74, 6) is -0.442. The second-order valence-electron chi connectivity index (χ2n) is 6.19. The molecule has 0 aliphatic rings. The summed E-state index contributed by atoms with van der Waals surface area (Å²) in [6, 6.07) is 7.53. The van der Waals surface area contributed by atoms with Gasteiger partial charge in [-0.1, -0.05) is 18.7 Å². The first-order valence-electron chi connectivity index (χ1n) is 7.98. The quantitative estimate of drug-likeness (QED) is 0.609. The number of benzene rings is 2. The molecule has 1 N–H and O–H groups in total. The second kappa shape index (κ2) is 6.20. The SMILES string of the molecule is C=C(NC)c1c(C)c2cc(F)cc(-c3ccc(C(F)(F)F)cc3)c2n1C. The van der Waals surface area contributed by atoms with E-state index < -0.39 is 17.6 Å². The highest BCUT2D eigenvalue weighted by molar-refractivity contribution is 5.99. The molecule has 0 spiro atoms. The molecule has 2 nitrogen and oxygen atoms in total. The molecule has 0 saturated heterocycles. The summed E-state index contributed by atoms with van der Waals surface area (Å²) in [4.78, 5) is 0. The standard InChI is InChI=1S/C20H18F4N2/c1-11-16-9-15(21)10-17(19(16)26(4)18(11)12(2)25-3)13-5-7-14(8-6-13)20(22,23)24/h5-10,25H,2H2,1,3-4H3. The molecule has 1 aromatic heterocycles. The molecule has 0 radical (unpaired) electrons. The molecule has 2 aromatic carbocycles. The van der Waals surface area contributed by atoms with E-state index in [1.165, 1.54) is 24.3 Å². The van der Waals surface area contributed by atoms with Gasteiger partial charge in [-0.3, -0.25) is 0 Å². The number of rotatable bonds is 3. The van der Waals surface area contributed by atoms with Crippen molar-refractivity contribution in [1.82, 2.24) is 9.88 Å². The van der Waals surface area contributed by atoms with Crippen LogP contribution in [0.4, 0.5) is 17.6 Å². The Kier molecular flexibility index (Phi) is 4.30. The van der Waals surface area contributed by atoms with Crippen LogP contribution in [0.5, 0.6) is 0 Å². The van der Waals surface area contributed by atoms with Crippen LogP contribution in [-0.2, 0) is 13.2 Å². The number of aromatic nitrogens is 1. The Morgan fingerprint density at radius 3 is 2.27 bits per heavy atom. The smallest absolute Gasteiger partial charge is 0.387 e. The normalized spacial score (nSPS) is 11.8. The van der Waals surface area contributed by atoms with Gasteiger partial charge in [0, 0.05) is 25.0 Å². The van der Waals surface area contributed by atoms with Gasteiger partial charge < -0.3 is 9.88 Å². The minimum atomic E-state index is -4.41. The fraction of sp³-hybridized carbons (Fsp3) is 0.200. The van der Waals surface area contributed by atoms with Crippen molar-refractivity contribution >= 4 is 16.6 Å². The maximum Gasteiger partial charge on any atom is 0.416 e. The lowest BCUT2D eigenvalue weighted by Gasteiger charge is -2.12. The number of nitrogens with zero attached hydrogens (tertiary/aromatic N) is 1. The van der Waals surface area contributed by atoms with Gasteiger partial charge in [0.2, 0.25) is 0 Å². The van der Waals surface area contributed by atoms with Crippen molar-refractivity contribution in [2.24, 2.45) is 7.05 Å². The topological polar surface area (TPSA) is 17.0 Å². The lowest BCUT2D eigenvalue weighted by Crippen LogP contribution is -2.08. The molecular weight excluding hydrogens is 344 g/mol. The molecule has 26 heavy (non-hydrogen) atoms. The van der Waals surface area contributed by atoms with Crippen molar-refractivity contribution < 1.29 is 17.6 Å². The number of hydrogen-bond donors (Lipinski definition) is 1. The van der Waals surface area contributed by atoms with Gasteiger partial charge in [0.25, 0.3) is 0 Å². The molecule has 0 aliphatic carbocycles. The van der Waals surface area contributed by atoms with Gasteiger partial charge in [-0.25, -0.2) is 4.39 Å². The monoisotopic (exact) mass is 362 g/mol. The van der Waals surface area contributed by atoms with E-state index >= 15 is 0 Å². The molecule has 0 amide bonds. The van der Waals surface area contributed by atoms with Crippen LogP contribution in [0.25, 0.3) is 27.7 Å². The first-order valence-corrected chi connectivity index (χ1v) is 7.98. The van der Waals surface area contributed by atoms with Crippen LogP contribution in [0.3, 0.4) is 0 Å². The van der Waals surface area contributed by atoms with Crippen molar-refractivity contribution in [2.45, 2.75) is 13.1 Å². The molecule has 0 atom stereocenters. The third-order valence-electron chi connectivity index (χ3n) is 4.62. The minimum Gasteiger partial charge on any atom is -0.387 e. The highest BCUT2D eigenvalue weighted by atomic mass is 19.4. The van der Waals surface area contributed by atoms with E-state index in [1.807, 2.05) is 18.5 Å². The predicted octanol–water partition coefficient (Wildman–Crippen LogP) is 5.50. The third-order valence-corrected chi connectivity index (χ3v) is 4.62. The van der Waals surface area contributed by atoms with Gasteiger partial charge in [0.1, 0.15) is 5.82 Å². The number of hydrogen-bond acceptors (Lipinski definition) is 1. The maximum atomic E-state index is 14.2. The molecule has 3 rings (SSSR count). The number of halogens is 4. The van der Waals surface area contributed by atoms with Crippen LogP contribution in [0.15, 0.2) is 43.0 Å². The van der Waals surface area contributed by atoms with Gasteiger partial charge >= 0.3 is 6.18 Å². The van der Waals surface area contributed by atoms with E-state index in [0.29, 0.717) is 22.2 Å². The van der Waals surface area contributed by atoms with E-state index in [0.717, 1.165) is 28.9 Å². The lowest BCUT2D eigenvalue weighted by atomic mass is 10.00. The number of nitrogens with one attached hydrogen (secondary N) is 1. The van der Waals surface area contributed by atoms with Crippen molar-refractivity contribution in [3.63, 3.8) is 0 Å². The summed E-state index contributed by atoms with van der Waals surface area (Å²) < 4.78 is 54.5. The van der Waals surface area contributed by atoms with Gasteiger partial charge in [-0.2, -0.15) is 13.2 Å². The van der Waals surface area contributed by atoms with E-state index in [-0.39, 0.29) is 0 Å². The molecular formula is C20H18F4N2. The fourth-order valence-corrected chi connectivity index (χ4v) is 3.34. The summed E-state index contributed by atoms with van der Waals surface area (Å²) in [6.45, 7) is 5.84. The Bertz CT molecular complexity index is 996. The van der Waals surface area contributed by atoms with Crippen LogP contribution < -0.4 is 5.32 Å². The molecule has 6 heteroatoms. The maximum absolute atomic E-state index is 14.2. The summed E-state index contributed by atoms with van der Waals surface area (Å²) in [7, 11) is 3.58. The Labute approximate surface area is 148 Å². The van der Waals surface area contributed by atoms with Crippen LogP contribution >= 0.6 is 0 Å². The zero-order valence-electron chi connectivity index (χ0n) is 14.6. The van der Waals surface area contributed by atoms with E-state index in [2.05, 4.69) is 11.9 Å². The van der Waals surface area contributed by atoms with Crippen LogP contribution in [0.2, 0.25) is 0 Å². The molecule has 136 valence electrons. The molecule has 0 fully saturated rings. The van der Waals surface area contributed by atoms with Crippen LogP contribution in [-0.4, -0.2) is 11.6 Å². The van der Waals surface area contributed by atoms with Gasteiger partial charge in [0.05, 0.1) is 22.5 Å². The molecule has 1 heterocycles. The first-order chi connectivity index (χ1) is 12.1. The van der Waals surface area contributed by atoms with Crippen LogP contribution in [0, 0.1) is 12.7 Å². The minimum absolute atomic E-state index is 0.442. The average molecular weight is 362 g/mol. The number of fused-ring (bicyclic) bond motifs is 1. The zero-order valence-corrected chi connectivity index (χ0v) is 14.6. The Morgan fingerprint density at radius 1 is 1.12 bits per heavy atom. The first kappa shape index (κ1) is 18.0. The Morgan fingerprint density at radius 2 is 1.73 bits per heavy atom. The fourth-order valence-electron chi connectivity index (χ4n) is 3.34. The highest BCUT2D eigenvalue weighted by Gasteiger charge is 2.30. The van der Waals surface area contributed by atoms with E-state index in [4.69, 9.17) is 0 Å². The summed E-state index contributed by atoms with van der Waals surface area (Å²) in [5, 5.41) is 3.69. The molecule has 3 aromatic rings. The number of alkyl halides is 3. The molecule has 0 aliphatic heterocycles. The third kappa shape index (κ3) is 2.85. The second-order valence-corrected chi connectivity index (χ2v) is 6.19. The van der Waals surface area contributed by atoms with E-state index in [9.17, 15) is 17.6 Å². The van der Waals surface area contributed by atoms with Crippen molar-refractivity contribution in [1.29, 1.82) is 0 Å². The largest absolute Gasteiger partial charge is 0.416 e. The molecule has 0 bridgehead atoms. The van der Waals surface area contributed by atoms with Crippen molar-refractivity contribution in [3.05, 3.63) is 65.6 Å². The summed E-state index contributed by atoms with van der Waals surface area (Å²) >= 11 is 0. The average Bonchev–Trinajstić information content (AvgIpc) is 2.84. The Balaban J connectivity index is 2.28. The zero-order chi connectivity index (χ0) is 19.2. The van der Waals surface area contributed by atoms with Crippen LogP contribution in [0.1, 0.15) is 16.8 Å². The van der Waals surface area contributed by atoms with Crippen molar-refractivity contribution in [3.8, 4) is 11.1 Å². The Hall–Kier alpha value is -2.76. The molecule has 0 unspecified atom stereocenters. The lowest BCUT2D eigenvalue weighted by molar-refractivity contribution is -0.137. The highest BCUT2D eigenvalue weighted by Crippen LogP contribution is 2.37. The summed E-state index contributed by atoms with van der Waals surface area (Å²) in [5.41, 5.74) is 3.42. The summed E-state index contributed by atoms with van der Waals surface area (Å²) in [6.07, 6.45) is -4.41. The van der Waals surface area contributed by atoms with Gasteiger partial charge in [-0.15, -0.1) is 0 Å². The molecule has 0 saturated carbocycles. The van der Waals surface area contributed by atoms with Gasteiger partial charge in [-0.05, 0) is 42.3 Å². The number of aryl methyl sites for hydroxylation is 2. The predicted molar refractivity (Wildman–Crippen MR) is 96.1 cm³/mol.